The molecule has 0 unspecified atom stereocenters. The van der Waals surface area contributed by atoms with Gasteiger partial charge in [0.25, 0.3) is 0 Å². The van der Waals surface area contributed by atoms with Crippen LogP contribution in [0.3, 0.4) is 0 Å². The van der Waals surface area contributed by atoms with Crippen molar-refractivity contribution in [3.63, 3.8) is 0 Å². The van der Waals surface area contributed by atoms with Crippen LogP contribution in [0.25, 0.3) is 0 Å². The van der Waals surface area contributed by atoms with Crippen LogP contribution in [0.15, 0.2) is 48.8 Å². The van der Waals surface area contributed by atoms with Gasteiger partial charge in [0.05, 0.1) is 18.0 Å². The standard InChI is InChI=1S/C16H18N4O2/c1-22-12-20-14-7-3-2-6-13(14)19(10-4-5-11-21)15-16(20)18-9-8-17-15/h2-9,21H,10-12H2,1H3/b5-4+. The second-order valence-electron chi connectivity index (χ2n) is 4.80. The zero-order valence-corrected chi connectivity index (χ0v) is 12.4. The molecule has 0 radical (unpaired) electrons. The molecule has 114 valence electrons. The number of anilines is 4. The van der Waals surface area contributed by atoms with Crippen molar-refractivity contribution in [1.29, 1.82) is 0 Å². The lowest BCUT2D eigenvalue weighted by Crippen LogP contribution is -2.32. The molecular weight excluding hydrogens is 280 g/mol. The van der Waals surface area contributed by atoms with Crippen molar-refractivity contribution in [2.45, 2.75) is 0 Å². The Morgan fingerprint density at radius 2 is 1.68 bits per heavy atom. The summed E-state index contributed by atoms with van der Waals surface area (Å²) in [7, 11) is 1.66. The predicted molar refractivity (Wildman–Crippen MR) is 85.7 cm³/mol. The lowest BCUT2D eigenvalue weighted by atomic mass is 10.1. The fraction of sp³-hybridized carbons (Fsp3) is 0.250. The first-order chi connectivity index (χ1) is 10.9. The van der Waals surface area contributed by atoms with Gasteiger partial charge in [0.1, 0.15) is 6.73 Å². The van der Waals surface area contributed by atoms with Gasteiger partial charge in [-0.15, -0.1) is 0 Å². The smallest absolute Gasteiger partial charge is 0.178 e. The second kappa shape index (κ2) is 6.55. The van der Waals surface area contributed by atoms with Gasteiger partial charge in [-0.1, -0.05) is 24.3 Å². The zero-order valence-electron chi connectivity index (χ0n) is 12.4. The van der Waals surface area contributed by atoms with Crippen LogP contribution in [0, 0.1) is 0 Å². The molecule has 1 aliphatic rings. The Morgan fingerprint density at radius 1 is 1.05 bits per heavy atom. The monoisotopic (exact) mass is 298 g/mol. The van der Waals surface area contributed by atoms with Crippen LogP contribution in [0.1, 0.15) is 0 Å². The van der Waals surface area contributed by atoms with Crippen LogP contribution >= 0.6 is 0 Å². The summed E-state index contributed by atoms with van der Waals surface area (Å²) in [6.07, 6.45) is 7.00. The van der Waals surface area contributed by atoms with E-state index in [0.717, 1.165) is 23.0 Å². The topological polar surface area (TPSA) is 61.7 Å². The van der Waals surface area contributed by atoms with E-state index in [1.54, 1.807) is 25.6 Å². The number of hydrogen-bond donors (Lipinski definition) is 1. The molecule has 0 amide bonds. The zero-order chi connectivity index (χ0) is 15.4. The van der Waals surface area contributed by atoms with Gasteiger partial charge in [0.2, 0.25) is 0 Å². The Bertz CT molecular complexity index is 627. The Morgan fingerprint density at radius 3 is 2.32 bits per heavy atom. The summed E-state index contributed by atoms with van der Waals surface area (Å²) in [5.41, 5.74) is 2.06. The number of nitrogens with zero attached hydrogens (tertiary/aromatic N) is 4. The van der Waals surface area contributed by atoms with Crippen molar-refractivity contribution in [3.8, 4) is 0 Å². The van der Waals surface area contributed by atoms with E-state index in [4.69, 9.17) is 9.84 Å². The van der Waals surface area contributed by atoms with Crippen molar-refractivity contribution < 1.29 is 9.84 Å². The van der Waals surface area contributed by atoms with Gasteiger partial charge >= 0.3 is 0 Å². The maximum atomic E-state index is 8.94. The van der Waals surface area contributed by atoms with E-state index in [1.165, 1.54) is 0 Å². The first-order valence-electron chi connectivity index (χ1n) is 7.06. The average molecular weight is 298 g/mol. The average Bonchev–Trinajstić information content (AvgIpc) is 2.57. The summed E-state index contributed by atoms with van der Waals surface area (Å²) in [6.45, 7) is 1.05. The van der Waals surface area contributed by atoms with E-state index in [0.29, 0.717) is 13.3 Å². The molecule has 0 saturated heterocycles. The molecule has 6 nitrogen and oxygen atoms in total. The molecule has 3 rings (SSSR count). The van der Waals surface area contributed by atoms with Crippen LogP contribution in [0.2, 0.25) is 0 Å². The van der Waals surface area contributed by atoms with Gasteiger partial charge in [-0.3, -0.25) is 4.90 Å². The van der Waals surface area contributed by atoms with Crippen LogP contribution in [0.5, 0.6) is 0 Å². The Kier molecular flexibility index (Phi) is 4.32. The molecule has 0 fully saturated rings. The van der Waals surface area contributed by atoms with E-state index >= 15 is 0 Å². The maximum Gasteiger partial charge on any atom is 0.178 e. The summed E-state index contributed by atoms with van der Waals surface area (Å²) < 4.78 is 5.32. The Labute approximate surface area is 129 Å². The van der Waals surface area contributed by atoms with Crippen molar-refractivity contribution in [2.24, 2.45) is 0 Å². The van der Waals surface area contributed by atoms with Crippen LogP contribution in [0.4, 0.5) is 23.0 Å². The van der Waals surface area contributed by atoms with Gasteiger partial charge in [0, 0.05) is 26.0 Å². The molecular formula is C16H18N4O2. The number of para-hydroxylation sites is 2. The highest BCUT2D eigenvalue weighted by Crippen LogP contribution is 2.45. The summed E-state index contributed by atoms with van der Waals surface area (Å²) in [5.74, 6) is 1.54. The summed E-state index contributed by atoms with van der Waals surface area (Å²) in [5, 5.41) is 8.94. The molecule has 0 atom stereocenters. The minimum absolute atomic E-state index is 0.0264. The van der Waals surface area contributed by atoms with Gasteiger partial charge in [-0.2, -0.15) is 0 Å². The number of aromatic nitrogens is 2. The Balaban J connectivity index is 2.09. The number of rotatable bonds is 5. The maximum absolute atomic E-state index is 8.94. The molecule has 1 aliphatic heterocycles. The SMILES string of the molecule is COCN1c2ccccc2N(C/C=C/CO)c2nccnc21. The normalized spacial score (nSPS) is 13.4. The molecule has 0 saturated carbocycles. The summed E-state index contributed by atoms with van der Waals surface area (Å²) >= 11 is 0. The van der Waals surface area contributed by atoms with Crippen molar-refractivity contribution in [3.05, 3.63) is 48.8 Å². The third kappa shape index (κ3) is 2.54. The van der Waals surface area contributed by atoms with Gasteiger partial charge in [-0.05, 0) is 12.1 Å². The lowest BCUT2D eigenvalue weighted by Gasteiger charge is -2.37. The largest absolute Gasteiger partial charge is 0.392 e. The number of fused-ring (bicyclic) bond motifs is 2. The number of benzene rings is 1. The number of aliphatic hydroxyl groups excluding tert-OH is 1. The third-order valence-corrected chi connectivity index (χ3v) is 3.45. The highest BCUT2D eigenvalue weighted by Gasteiger charge is 2.29. The molecule has 2 aromatic rings. The van der Waals surface area contributed by atoms with E-state index in [2.05, 4.69) is 14.9 Å². The molecule has 6 heteroatoms. The number of hydrogen-bond acceptors (Lipinski definition) is 6. The molecule has 0 spiro atoms. The third-order valence-electron chi connectivity index (χ3n) is 3.45. The van der Waals surface area contributed by atoms with Gasteiger partial charge in [0.15, 0.2) is 11.6 Å². The van der Waals surface area contributed by atoms with Gasteiger partial charge < -0.3 is 14.7 Å². The molecule has 1 aromatic carbocycles. The number of aliphatic hydroxyl groups is 1. The minimum Gasteiger partial charge on any atom is -0.392 e. The second-order valence-corrected chi connectivity index (χ2v) is 4.80. The molecule has 1 aromatic heterocycles. The summed E-state index contributed by atoms with van der Waals surface area (Å²) in [4.78, 5) is 13.0. The highest BCUT2D eigenvalue weighted by molar-refractivity contribution is 5.89. The van der Waals surface area contributed by atoms with E-state index in [-0.39, 0.29) is 6.61 Å². The molecule has 0 aliphatic carbocycles. The van der Waals surface area contributed by atoms with E-state index in [1.807, 2.05) is 35.2 Å². The number of ether oxygens (including phenoxy) is 1. The quantitative estimate of drug-likeness (QED) is 0.854. The number of methoxy groups -OCH3 is 1. The molecule has 1 N–H and O–H groups in total. The Hall–Kier alpha value is -2.44. The summed E-state index contributed by atoms with van der Waals surface area (Å²) in [6, 6.07) is 8.07. The highest BCUT2D eigenvalue weighted by atomic mass is 16.5. The van der Waals surface area contributed by atoms with Crippen molar-refractivity contribution >= 4 is 23.0 Å². The molecule has 0 bridgehead atoms. The first-order valence-corrected chi connectivity index (χ1v) is 7.06. The lowest BCUT2D eigenvalue weighted by molar-refractivity contribution is 0.205. The first kappa shape index (κ1) is 14.5. The van der Waals surface area contributed by atoms with Crippen molar-refractivity contribution in [1.82, 2.24) is 9.97 Å². The fourth-order valence-corrected chi connectivity index (χ4v) is 2.55. The van der Waals surface area contributed by atoms with Crippen LogP contribution < -0.4 is 9.80 Å². The molecule has 2 heterocycles. The van der Waals surface area contributed by atoms with Crippen LogP contribution in [-0.4, -0.2) is 42.1 Å². The predicted octanol–water partition coefficient (Wildman–Crippen LogP) is 2.22. The fourth-order valence-electron chi connectivity index (χ4n) is 2.55. The minimum atomic E-state index is 0.0264. The van der Waals surface area contributed by atoms with Crippen molar-refractivity contribution in [2.75, 3.05) is 36.8 Å². The molecule has 22 heavy (non-hydrogen) atoms. The van der Waals surface area contributed by atoms with Gasteiger partial charge in [-0.25, -0.2) is 9.97 Å². The van der Waals surface area contributed by atoms with E-state index in [9.17, 15) is 0 Å². The van der Waals surface area contributed by atoms with E-state index < -0.39 is 0 Å². The van der Waals surface area contributed by atoms with Crippen LogP contribution in [-0.2, 0) is 4.74 Å².